The third-order valence-electron chi connectivity index (χ3n) is 4.72. The first kappa shape index (κ1) is 17.0. The molecule has 2 rings (SSSR count). The van der Waals surface area contributed by atoms with E-state index in [-0.39, 0.29) is 18.1 Å². The Hall–Kier alpha value is -1.39. The summed E-state index contributed by atoms with van der Waals surface area (Å²) in [6, 6.07) is 6.05. The van der Waals surface area contributed by atoms with Gasteiger partial charge >= 0.3 is 0 Å². The minimum Gasteiger partial charge on any atom is -0.393 e. The summed E-state index contributed by atoms with van der Waals surface area (Å²) in [7, 11) is 0. The number of hydrogen-bond acceptors (Lipinski definition) is 3. The molecule has 1 amide bonds. The van der Waals surface area contributed by atoms with Gasteiger partial charge < -0.3 is 15.7 Å². The van der Waals surface area contributed by atoms with Crippen LogP contribution in [0.1, 0.15) is 43.7 Å². The summed E-state index contributed by atoms with van der Waals surface area (Å²) in [5, 5.41) is 16.2. The Morgan fingerprint density at radius 2 is 2.14 bits per heavy atom. The van der Waals surface area contributed by atoms with Crippen LogP contribution in [0.25, 0.3) is 0 Å². The van der Waals surface area contributed by atoms with E-state index < -0.39 is 0 Å². The fourth-order valence-corrected chi connectivity index (χ4v) is 3.05. The first-order valence-electron chi connectivity index (χ1n) is 8.25. The van der Waals surface area contributed by atoms with Crippen molar-refractivity contribution in [3.05, 3.63) is 29.3 Å². The largest absolute Gasteiger partial charge is 0.393 e. The van der Waals surface area contributed by atoms with Crippen molar-refractivity contribution in [2.45, 2.75) is 58.6 Å². The predicted octanol–water partition coefficient (Wildman–Crippen LogP) is 2.77. The summed E-state index contributed by atoms with van der Waals surface area (Å²) in [6.45, 7) is 6.87. The lowest BCUT2D eigenvalue weighted by Crippen LogP contribution is -2.36. The molecule has 0 aliphatic heterocycles. The zero-order valence-corrected chi connectivity index (χ0v) is 13.9. The number of carbonyl (C=O) groups excluding carboxylic acids is 1. The molecule has 1 aromatic rings. The highest BCUT2D eigenvalue weighted by Crippen LogP contribution is 2.24. The number of aryl methyl sites for hydroxylation is 1. The van der Waals surface area contributed by atoms with E-state index in [0.717, 1.165) is 37.1 Å². The number of aliphatic hydroxyl groups excluding tert-OH is 1. The summed E-state index contributed by atoms with van der Waals surface area (Å²) in [5.41, 5.74) is 3.19. The fourth-order valence-electron chi connectivity index (χ4n) is 3.05. The molecule has 1 aliphatic carbocycles. The standard InChI is InChI=1S/C18H28N2O2/c1-12-6-4-8-16(14(12)3)20-18(22)10-13(2)19-11-15-7-5-9-17(15)21/h4,6,8,13,15,17,19,21H,5,7,9-11H2,1-3H3,(H,20,22). The molecular weight excluding hydrogens is 276 g/mol. The Morgan fingerprint density at radius 3 is 2.82 bits per heavy atom. The highest BCUT2D eigenvalue weighted by molar-refractivity contribution is 5.92. The molecule has 0 aromatic heterocycles. The van der Waals surface area contributed by atoms with Gasteiger partial charge in [-0.3, -0.25) is 4.79 Å². The van der Waals surface area contributed by atoms with Gasteiger partial charge in [-0.15, -0.1) is 0 Å². The average molecular weight is 304 g/mol. The summed E-state index contributed by atoms with van der Waals surface area (Å²) in [4.78, 5) is 12.1. The van der Waals surface area contributed by atoms with E-state index in [9.17, 15) is 9.90 Å². The summed E-state index contributed by atoms with van der Waals surface area (Å²) in [5.74, 6) is 0.366. The van der Waals surface area contributed by atoms with E-state index in [2.05, 4.69) is 10.6 Å². The van der Waals surface area contributed by atoms with Crippen LogP contribution < -0.4 is 10.6 Å². The molecule has 4 heteroatoms. The smallest absolute Gasteiger partial charge is 0.225 e. The molecule has 3 unspecified atom stereocenters. The maximum absolute atomic E-state index is 12.1. The molecular formula is C18H28N2O2. The molecule has 1 aliphatic rings. The van der Waals surface area contributed by atoms with E-state index >= 15 is 0 Å². The number of carbonyl (C=O) groups is 1. The highest BCUT2D eigenvalue weighted by atomic mass is 16.3. The van der Waals surface area contributed by atoms with Crippen molar-refractivity contribution in [3.8, 4) is 0 Å². The molecule has 4 nitrogen and oxygen atoms in total. The quantitative estimate of drug-likeness (QED) is 0.757. The number of amides is 1. The first-order valence-corrected chi connectivity index (χ1v) is 8.25. The van der Waals surface area contributed by atoms with E-state index in [0.29, 0.717) is 12.3 Å². The van der Waals surface area contributed by atoms with Crippen molar-refractivity contribution in [2.75, 3.05) is 11.9 Å². The van der Waals surface area contributed by atoms with Crippen LogP contribution >= 0.6 is 0 Å². The van der Waals surface area contributed by atoms with Crippen molar-refractivity contribution < 1.29 is 9.90 Å². The summed E-state index contributed by atoms with van der Waals surface area (Å²) in [6.07, 6.45) is 3.36. The average Bonchev–Trinajstić information content (AvgIpc) is 2.87. The molecule has 3 atom stereocenters. The molecule has 0 radical (unpaired) electrons. The molecule has 1 fully saturated rings. The van der Waals surface area contributed by atoms with Crippen LogP contribution in [-0.4, -0.2) is 29.7 Å². The van der Waals surface area contributed by atoms with Crippen LogP contribution in [0.5, 0.6) is 0 Å². The van der Waals surface area contributed by atoms with Crippen molar-refractivity contribution in [1.82, 2.24) is 5.32 Å². The molecule has 0 heterocycles. The lowest BCUT2D eigenvalue weighted by molar-refractivity contribution is -0.116. The van der Waals surface area contributed by atoms with Crippen molar-refractivity contribution >= 4 is 11.6 Å². The van der Waals surface area contributed by atoms with Gasteiger partial charge in [0.1, 0.15) is 0 Å². The zero-order chi connectivity index (χ0) is 16.1. The van der Waals surface area contributed by atoms with Crippen LogP contribution in [0.4, 0.5) is 5.69 Å². The van der Waals surface area contributed by atoms with Crippen LogP contribution in [0, 0.1) is 19.8 Å². The Bertz CT molecular complexity index is 516. The van der Waals surface area contributed by atoms with E-state index in [1.165, 1.54) is 5.56 Å². The van der Waals surface area contributed by atoms with E-state index in [1.54, 1.807) is 0 Å². The van der Waals surface area contributed by atoms with E-state index in [4.69, 9.17) is 0 Å². The first-order chi connectivity index (χ1) is 10.5. The Morgan fingerprint density at radius 1 is 1.36 bits per heavy atom. The van der Waals surface area contributed by atoms with Gasteiger partial charge in [0.25, 0.3) is 0 Å². The van der Waals surface area contributed by atoms with Gasteiger partial charge in [-0.25, -0.2) is 0 Å². The zero-order valence-electron chi connectivity index (χ0n) is 13.9. The SMILES string of the molecule is Cc1cccc(NC(=O)CC(C)NCC2CCCC2O)c1C. The van der Waals surface area contributed by atoms with Gasteiger partial charge in [-0.1, -0.05) is 18.6 Å². The fraction of sp³-hybridized carbons (Fsp3) is 0.611. The van der Waals surface area contributed by atoms with E-state index in [1.807, 2.05) is 39.0 Å². The Balaban J connectivity index is 1.77. The molecule has 1 aromatic carbocycles. The van der Waals surface area contributed by atoms with Gasteiger partial charge in [-0.2, -0.15) is 0 Å². The van der Waals surface area contributed by atoms with Gasteiger partial charge in [0.2, 0.25) is 5.91 Å². The number of hydrogen-bond donors (Lipinski definition) is 3. The number of benzene rings is 1. The lowest BCUT2D eigenvalue weighted by Gasteiger charge is -2.19. The van der Waals surface area contributed by atoms with Crippen molar-refractivity contribution in [3.63, 3.8) is 0 Å². The maximum atomic E-state index is 12.1. The maximum Gasteiger partial charge on any atom is 0.225 e. The van der Waals surface area contributed by atoms with Crippen molar-refractivity contribution in [1.29, 1.82) is 0 Å². The lowest BCUT2D eigenvalue weighted by atomic mass is 10.1. The van der Waals surface area contributed by atoms with Crippen LogP contribution in [0.2, 0.25) is 0 Å². The third-order valence-corrected chi connectivity index (χ3v) is 4.72. The van der Waals surface area contributed by atoms with Gasteiger partial charge in [0.05, 0.1) is 6.10 Å². The molecule has 1 saturated carbocycles. The molecule has 22 heavy (non-hydrogen) atoms. The molecule has 3 N–H and O–H groups in total. The Labute approximate surface area is 133 Å². The molecule has 0 saturated heterocycles. The number of anilines is 1. The molecule has 0 spiro atoms. The normalized spacial score (nSPS) is 22.5. The number of aliphatic hydroxyl groups is 1. The second-order valence-corrected chi connectivity index (χ2v) is 6.57. The molecule has 122 valence electrons. The van der Waals surface area contributed by atoms with Gasteiger partial charge in [0.15, 0.2) is 0 Å². The second-order valence-electron chi connectivity index (χ2n) is 6.57. The van der Waals surface area contributed by atoms with Crippen molar-refractivity contribution in [2.24, 2.45) is 5.92 Å². The summed E-state index contributed by atoms with van der Waals surface area (Å²) < 4.78 is 0. The minimum atomic E-state index is -0.177. The number of rotatable bonds is 6. The predicted molar refractivity (Wildman–Crippen MR) is 90.0 cm³/mol. The second kappa shape index (κ2) is 7.75. The van der Waals surface area contributed by atoms with Crippen LogP contribution in [0.15, 0.2) is 18.2 Å². The Kier molecular flexibility index (Phi) is 5.98. The minimum absolute atomic E-state index is 0.0284. The van der Waals surface area contributed by atoms with Gasteiger partial charge in [-0.05, 0) is 56.7 Å². The topological polar surface area (TPSA) is 61.4 Å². The monoisotopic (exact) mass is 304 g/mol. The van der Waals surface area contributed by atoms with Crippen LogP contribution in [0.3, 0.4) is 0 Å². The van der Waals surface area contributed by atoms with Crippen LogP contribution in [-0.2, 0) is 4.79 Å². The summed E-state index contributed by atoms with van der Waals surface area (Å²) >= 11 is 0. The molecule has 0 bridgehead atoms. The third kappa shape index (κ3) is 4.55. The highest BCUT2D eigenvalue weighted by Gasteiger charge is 2.25. The number of nitrogens with one attached hydrogen (secondary N) is 2. The van der Waals surface area contributed by atoms with Gasteiger partial charge in [0, 0.05) is 24.7 Å².